The standard InChI is InChI=1S/C31H29ClN4O6S/c1-33-31(38)29(20-23-10-4-2-5-11-23)34(21-24-12-8-9-15-28(24)32)30(37)22-35(25-16-18-26(19-17-25)36(39)40)43(41,42)27-13-6-3-7-14-27/h2-19,29H,20-22H2,1H3,(H,33,38). The molecule has 4 aromatic carbocycles. The van der Waals surface area contributed by atoms with Crippen molar-refractivity contribution in [2.75, 3.05) is 17.9 Å². The third kappa shape index (κ3) is 7.56. The van der Waals surface area contributed by atoms with Crippen LogP contribution in [0.1, 0.15) is 11.1 Å². The van der Waals surface area contributed by atoms with Gasteiger partial charge in [-0.15, -0.1) is 0 Å². The lowest BCUT2D eigenvalue weighted by Crippen LogP contribution is -2.53. The summed E-state index contributed by atoms with van der Waals surface area (Å²) in [6, 6.07) is 27.4. The number of hydrogen-bond donors (Lipinski definition) is 1. The number of non-ortho nitro benzene ring substituents is 1. The average molecular weight is 621 g/mol. The number of nitro benzene ring substituents is 1. The lowest BCUT2D eigenvalue weighted by atomic mass is 10.0. The second-order valence-electron chi connectivity index (χ2n) is 9.53. The molecule has 0 aromatic heterocycles. The first-order valence-electron chi connectivity index (χ1n) is 13.2. The Bertz CT molecular complexity index is 1690. The van der Waals surface area contributed by atoms with Crippen molar-refractivity contribution in [1.82, 2.24) is 10.2 Å². The van der Waals surface area contributed by atoms with Crippen molar-refractivity contribution in [2.24, 2.45) is 0 Å². The predicted molar refractivity (Wildman–Crippen MR) is 164 cm³/mol. The van der Waals surface area contributed by atoms with E-state index in [2.05, 4.69) is 5.32 Å². The van der Waals surface area contributed by atoms with Crippen LogP contribution in [0.4, 0.5) is 11.4 Å². The molecule has 0 saturated heterocycles. The van der Waals surface area contributed by atoms with Gasteiger partial charge in [0.2, 0.25) is 11.8 Å². The molecule has 1 atom stereocenters. The molecule has 0 aliphatic heterocycles. The SMILES string of the molecule is CNC(=O)C(Cc1ccccc1)N(Cc1ccccc1Cl)C(=O)CN(c1ccc([N+](=O)[O-])cc1)S(=O)(=O)c1ccccc1. The van der Waals surface area contributed by atoms with Crippen LogP contribution in [0.2, 0.25) is 5.02 Å². The Morgan fingerprint density at radius 1 is 0.884 bits per heavy atom. The van der Waals surface area contributed by atoms with Crippen LogP contribution in [0, 0.1) is 10.1 Å². The second-order valence-corrected chi connectivity index (χ2v) is 11.8. The van der Waals surface area contributed by atoms with Gasteiger partial charge in [0.05, 0.1) is 15.5 Å². The van der Waals surface area contributed by atoms with E-state index in [9.17, 15) is 28.1 Å². The van der Waals surface area contributed by atoms with Crippen LogP contribution in [0.5, 0.6) is 0 Å². The van der Waals surface area contributed by atoms with Crippen molar-refractivity contribution in [2.45, 2.75) is 23.9 Å². The highest BCUT2D eigenvalue weighted by Gasteiger charge is 2.34. The van der Waals surface area contributed by atoms with E-state index in [1.807, 2.05) is 30.3 Å². The largest absolute Gasteiger partial charge is 0.357 e. The number of halogens is 1. The number of nitrogens with one attached hydrogen (secondary N) is 1. The van der Waals surface area contributed by atoms with Crippen molar-refractivity contribution >= 4 is 44.8 Å². The maximum atomic E-state index is 14.2. The molecule has 0 bridgehead atoms. The van der Waals surface area contributed by atoms with Crippen LogP contribution in [0.15, 0.2) is 114 Å². The Kier molecular flexibility index (Phi) is 10.1. The highest BCUT2D eigenvalue weighted by Crippen LogP contribution is 2.27. The van der Waals surface area contributed by atoms with Gasteiger partial charge in [-0.1, -0.05) is 78.3 Å². The Balaban J connectivity index is 1.80. The zero-order valence-corrected chi connectivity index (χ0v) is 24.7. The van der Waals surface area contributed by atoms with Crippen LogP contribution in [0.25, 0.3) is 0 Å². The van der Waals surface area contributed by atoms with E-state index >= 15 is 0 Å². The van der Waals surface area contributed by atoms with Crippen LogP contribution in [-0.4, -0.2) is 49.7 Å². The topological polar surface area (TPSA) is 130 Å². The van der Waals surface area contributed by atoms with Crippen LogP contribution in [-0.2, 0) is 32.6 Å². The number of carbonyl (C=O) groups excluding carboxylic acids is 2. The molecular formula is C31H29ClN4O6S. The first-order valence-corrected chi connectivity index (χ1v) is 15.0. The molecule has 0 heterocycles. The van der Waals surface area contributed by atoms with Crippen molar-refractivity contribution in [1.29, 1.82) is 0 Å². The van der Waals surface area contributed by atoms with E-state index in [1.54, 1.807) is 42.5 Å². The minimum absolute atomic E-state index is 0.0417. The minimum atomic E-state index is -4.32. The van der Waals surface area contributed by atoms with Crippen LogP contribution < -0.4 is 9.62 Å². The normalized spacial score (nSPS) is 11.8. The second kappa shape index (κ2) is 14.0. The smallest absolute Gasteiger partial charge is 0.269 e. The summed E-state index contributed by atoms with van der Waals surface area (Å²) in [7, 11) is -2.86. The van der Waals surface area contributed by atoms with E-state index in [0.29, 0.717) is 10.6 Å². The van der Waals surface area contributed by atoms with Crippen molar-refractivity contribution in [3.05, 3.63) is 135 Å². The molecule has 0 saturated carbocycles. The average Bonchev–Trinajstić information content (AvgIpc) is 3.02. The molecule has 4 rings (SSSR count). The van der Waals surface area contributed by atoms with Gasteiger partial charge in [-0.05, 0) is 41.5 Å². The van der Waals surface area contributed by atoms with Gasteiger partial charge in [0.25, 0.3) is 15.7 Å². The molecule has 2 amide bonds. The molecule has 1 unspecified atom stereocenters. The number of likely N-dealkylation sites (N-methyl/N-ethyl adjacent to an activating group) is 1. The Labute approximate surface area is 254 Å². The Hall–Kier alpha value is -4.74. The molecule has 43 heavy (non-hydrogen) atoms. The lowest BCUT2D eigenvalue weighted by molar-refractivity contribution is -0.384. The quantitative estimate of drug-likeness (QED) is 0.178. The number of anilines is 1. The van der Waals surface area contributed by atoms with Gasteiger partial charge < -0.3 is 10.2 Å². The van der Waals surface area contributed by atoms with Crippen LogP contribution >= 0.6 is 11.6 Å². The first-order chi connectivity index (χ1) is 20.6. The van der Waals surface area contributed by atoms with Gasteiger partial charge >= 0.3 is 0 Å². The van der Waals surface area contributed by atoms with Crippen molar-refractivity contribution < 1.29 is 22.9 Å². The zero-order valence-electron chi connectivity index (χ0n) is 23.2. The predicted octanol–water partition coefficient (Wildman–Crippen LogP) is 4.83. The van der Waals surface area contributed by atoms with E-state index in [1.165, 1.54) is 36.2 Å². The highest BCUT2D eigenvalue weighted by atomic mass is 35.5. The van der Waals surface area contributed by atoms with E-state index in [0.717, 1.165) is 22.0 Å². The zero-order chi connectivity index (χ0) is 31.0. The van der Waals surface area contributed by atoms with E-state index in [-0.39, 0.29) is 29.2 Å². The number of nitro groups is 1. The van der Waals surface area contributed by atoms with Crippen LogP contribution in [0.3, 0.4) is 0 Å². The number of nitrogens with zero attached hydrogens (tertiary/aromatic N) is 3. The molecule has 0 spiro atoms. The van der Waals surface area contributed by atoms with Gasteiger partial charge in [0, 0.05) is 37.2 Å². The maximum Gasteiger partial charge on any atom is 0.269 e. The monoisotopic (exact) mass is 620 g/mol. The number of amides is 2. The van der Waals surface area contributed by atoms with Gasteiger partial charge in [-0.3, -0.25) is 24.0 Å². The summed E-state index contributed by atoms with van der Waals surface area (Å²) in [6.07, 6.45) is 0.152. The van der Waals surface area contributed by atoms with E-state index in [4.69, 9.17) is 11.6 Å². The number of hydrogen-bond acceptors (Lipinski definition) is 6. The fourth-order valence-corrected chi connectivity index (χ4v) is 6.15. The number of rotatable bonds is 12. The molecular weight excluding hydrogens is 592 g/mol. The molecule has 4 aromatic rings. The van der Waals surface area contributed by atoms with Gasteiger partial charge in [0.1, 0.15) is 12.6 Å². The minimum Gasteiger partial charge on any atom is -0.357 e. The van der Waals surface area contributed by atoms with Crippen molar-refractivity contribution in [3.8, 4) is 0 Å². The summed E-state index contributed by atoms with van der Waals surface area (Å²) in [5, 5.41) is 14.2. The summed E-state index contributed by atoms with van der Waals surface area (Å²) >= 11 is 6.45. The Morgan fingerprint density at radius 2 is 1.47 bits per heavy atom. The molecule has 0 radical (unpaired) electrons. The lowest BCUT2D eigenvalue weighted by Gasteiger charge is -2.33. The molecule has 222 valence electrons. The summed E-state index contributed by atoms with van der Waals surface area (Å²) < 4.78 is 28.7. The molecule has 12 heteroatoms. The van der Waals surface area contributed by atoms with Gasteiger partial charge in [-0.25, -0.2) is 8.42 Å². The van der Waals surface area contributed by atoms with Crippen molar-refractivity contribution in [3.63, 3.8) is 0 Å². The number of benzene rings is 4. The maximum absolute atomic E-state index is 14.2. The molecule has 0 aliphatic carbocycles. The fourth-order valence-electron chi connectivity index (χ4n) is 4.52. The summed E-state index contributed by atoms with van der Waals surface area (Å²) in [6.45, 7) is -0.773. The Morgan fingerprint density at radius 3 is 2.05 bits per heavy atom. The van der Waals surface area contributed by atoms with E-state index < -0.39 is 39.3 Å². The summed E-state index contributed by atoms with van der Waals surface area (Å²) in [5.74, 6) is -1.13. The molecule has 10 nitrogen and oxygen atoms in total. The highest BCUT2D eigenvalue weighted by molar-refractivity contribution is 7.92. The number of sulfonamides is 1. The molecule has 0 aliphatic rings. The molecule has 0 fully saturated rings. The molecule has 1 N–H and O–H groups in total. The van der Waals surface area contributed by atoms with Gasteiger partial charge in [-0.2, -0.15) is 0 Å². The first kappa shape index (κ1) is 31.2. The fraction of sp³-hybridized carbons (Fsp3) is 0.161. The van der Waals surface area contributed by atoms with Gasteiger partial charge in [0.15, 0.2) is 0 Å². The summed E-state index contributed by atoms with van der Waals surface area (Å²) in [5.41, 5.74) is 1.15. The number of carbonyl (C=O) groups is 2. The third-order valence-electron chi connectivity index (χ3n) is 6.77. The summed E-state index contributed by atoms with van der Waals surface area (Å²) in [4.78, 5) is 39.4. The third-order valence-corrected chi connectivity index (χ3v) is 8.93.